The Morgan fingerprint density at radius 2 is 2.18 bits per heavy atom. The molecule has 0 aliphatic carbocycles. The topological polar surface area (TPSA) is 21.1 Å². The Hall–Kier alpha value is -0.350. The molecule has 1 aliphatic heterocycles. The van der Waals surface area contributed by atoms with Gasteiger partial charge in [-0.15, -0.1) is 0 Å². The normalized spacial score (nSPS) is 22.0. The highest BCUT2D eigenvalue weighted by Crippen LogP contribution is 2.25. The lowest BCUT2D eigenvalue weighted by atomic mass is 10.0. The van der Waals surface area contributed by atoms with Crippen LogP contribution in [0.15, 0.2) is 4.47 Å². The number of halogens is 1. The lowest BCUT2D eigenvalue weighted by molar-refractivity contribution is 0.148. The number of nitrogens with zero attached hydrogens (tertiary/aromatic N) is 3. The Balaban J connectivity index is 2.16. The molecule has 0 aromatic carbocycles. The van der Waals surface area contributed by atoms with Crippen molar-refractivity contribution in [2.45, 2.75) is 59.2 Å². The molecule has 0 amide bonds. The van der Waals surface area contributed by atoms with Crippen molar-refractivity contribution in [1.29, 1.82) is 0 Å². The summed E-state index contributed by atoms with van der Waals surface area (Å²) in [6.07, 6.45) is 4.04. The largest absolute Gasteiger partial charge is 0.295 e. The maximum atomic E-state index is 4.56. The summed E-state index contributed by atoms with van der Waals surface area (Å²) < 4.78 is 3.32. The SMILES string of the molecule is CCn1nc(C)c(Br)c1CN1CCCCC1C. The fourth-order valence-electron chi connectivity index (χ4n) is 2.60. The third-order valence-electron chi connectivity index (χ3n) is 3.75. The second-order valence-electron chi connectivity index (χ2n) is 4.98. The third kappa shape index (κ3) is 2.74. The smallest absolute Gasteiger partial charge is 0.0739 e. The monoisotopic (exact) mass is 299 g/mol. The third-order valence-corrected chi connectivity index (χ3v) is 4.78. The van der Waals surface area contributed by atoms with Gasteiger partial charge in [0, 0.05) is 19.1 Å². The van der Waals surface area contributed by atoms with Gasteiger partial charge < -0.3 is 0 Å². The molecular weight excluding hydrogens is 278 g/mol. The van der Waals surface area contributed by atoms with Crippen LogP contribution in [0.1, 0.15) is 44.5 Å². The Morgan fingerprint density at radius 3 is 2.82 bits per heavy atom. The highest BCUT2D eigenvalue weighted by Gasteiger charge is 2.21. The minimum atomic E-state index is 0.705. The number of rotatable bonds is 3. The van der Waals surface area contributed by atoms with Crippen LogP contribution in [-0.4, -0.2) is 27.3 Å². The van der Waals surface area contributed by atoms with Crippen molar-refractivity contribution in [3.05, 3.63) is 15.9 Å². The van der Waals surface area contributed by atoms with Crippen LogP contribution in [0, 0.1) is 6.92 Å². The first-order valence-electron chi connectivity index (χ1n) is 6.59. The van der Waals surface area contributed by atoms with E-state index < -0.39 is 0 Å². The Bertz CT molecular complexity index is 386. The van der Waals surface area contributed by atoms with Crippen LogP contribution < -0.4 is 0 Å². The van der Waals surface area contributed by atoms with Crippen molar-refractivity contribution in [2.75, 3.05) is 6.54 Å². The van der Waals surface area contributed by atoms with E-state index in [0.29, 0.717) is 6.04 Å². The van der Waals surface area contributed by atoms with Crippen molar-refractivity contribution in [3.63, 3.8) is 0 Å². The van der Waals surface area contributed by atoms with Crippen molar-refractivity contribution in [2.24, 2.45) is 0 Å². The Labute approximate surface area is 112 Å². The maximum Gasteiger partial charge on any atom is 0.0739 e. The fraction of sp³-hybridized carbons (Fsp3) is 0.769. The van der Waals surface area contributed by atoms with Gasteiger partial charge in [0.2, 0.25) is 0 Å². The lowest BCUT2D eigenvalue weighted by Gasteiger charge is -2.33. The van der Waals surface area contributed by atoms with Gasteiger partial charge in [0.15, 0.2) is 0 Å². The molecule has 0 N–H and O–H groups in total. The molecule has 0 bridgehead atoms. The van der Waals surface area contributed by atoms with Crippen LogP contribution in [0.5, 0.6) is 0 Å². The average Bonchev–Trinajstić information content (AvgIpc) is 2.59. The zero-order chi connectivity index (χ0) is 12.4. The molecule has 2 heterocycles. The molecule has 1 aromatic rings. The summed E-state index contributed by atoms with van der Waals surface area (Å²) in [5, 5.41) is 4.56. The van der Waals surface area contributed by atoms with E-state index in [0.717, 1.165) is 18.8 Å². The van der Waals surface area contributed by atoms with Crippen LogP contribution in [0.4, 0.5) is 0 Å². The second kappa shape index (κ2) is 5.53. The summed E-state index contributed by atoms with van der Waals surface area (Å²) in [4.78, 5) is 2.58. The first-order valence-corrected chi connectivity index (χ1v) is 7.38. The summed E-state index contributed by atoms with van der Waals surface area (Å²) >= 11 is 3.68. The van der Waals surface area contributed by atoms with Gasteiger partial charge in [0.05, 0.1) is 15.9 Å². The van der Waals surface area contributed by atoms with E-state index in [4.69, 9.17) is 0 Å². The van der Waals surface area contributed by atoms with E-state index in [1.165, 1.54) is 36.0 Å². The molecule has 0 saturated carbocycles. The summed E-state index contributed by atoms with van der Waals surface area (Å²) in [7, 11) is 0. The zero-order valence-electron chi connectivity index (χ0n) is 11.0. The molecule has 4 heteroatoms. The van der Waals surface area contributed by atoms with Gasteiger partial charge in [-0.2, -0.15) is 5.10 Å². The number of hydrogen-bond acceptors (Lipinski definition) is 2. The van der Waals surface area contributed by atoms with Crippen LogP contribution >= 0.6 is 15.9 Å². The first kappa shape index (κ1) is 13.1. The van der Waals surface area contributed by atoms with Crippen molar-refractivity contribution in [1.82, 2.24) is 14.7 Å². The van der Waals surface area contributed by atoms with Gasteiger partial charge >= 0.3 is 0 Å². The van der Waals surface area contributed by atoms with Crippen molar-refractivity contribution >= 4 is 15.9 Å². The summed E-state index contributed by atoms with van der Waals surface area (Å²) in [5.74, 6) is 0. The first-order chi connectivity index (χ1) is 8.13. The minimum Gasteiger partial charge on any atom is -0.295 e. The summed E-state index contributed by atoms with van der Waals surface area (Å²) in [5.41, 5.74) is 2.44. The maximum absolute atomic E-state index is 4.56. The number of piperidine rings is 1. The van der Waals surface area contributed by atoms with Crippen molar-refractivity contribution in [3.8, 4) is 0 Å². The molecule has 2 rings (SSSR count). The van der Waals surface area contributed by atoms with Gasteiger partial charge in [-0.1, -0.05) is 6.42 Å². The van der Waals surface area contributed by atoms with Crippen molar-refractivity contribution < 1.29 is 0 Å². The molecule has 3 nitrogen and oxygen atoms in total. The van der Waals surface area contributed by atoms with E-state index in [2.05, 4.69) is 51.4 Å². The standard InChI is InChI=1S/C13H22BrN3/c1-4-17-12(13(14)11(3)15-17)9-16-8-6-5-7-10(16)2/h10H,4-9H2,1-3H3. The highest BCUT2D eigenvalue weighted by atomic mass is 79.9. The molecule has 1 saturated heterocycles. The number of aromatic nitrogens is 2. The van der Waals surface area contributed by atoms with E-state index in [9.17, 15) is 0 Å². The number of hydrogen-bond donors (Lipinski definition) is 0. The lowest BCUT2D eigenvalue weighted by Crippen LogP contribution is -2.37. The van der Waals surface area contributed by atoms with E-state index >= 15 is 0 Å². The van der Waals surface area contributed by atoms with Crippen LogP contribution in [0.25, 0.3) is 0 Å². The minimum absolute atomic E-state index is 0.705. The highest BCUT2D eigenvalue weighted by molar-refractivity contribution is 9.10. The van der Waals surface area contributed by atoms with Gasteiger partial charge in [0.25, 0.3) is 0 Å². The Morgan fingerprint density at radius 1 is 1.41 bits per heavy atom. The quantitative estimate of drug-likeness (QED) is 0.853. The fourth-order valence-corrected chi connectivity index (χ4v) is 3.01. The van der Waals surface area contributed by atoms with E-state index in [1.807, 2.05) is 0 Å². The molecule has 1 atom stereocenters. The van der Waals surface area contributed by atoms with Crippen LogP contribution in [0.2, 0.25) is 0 Å². The Kier molecular flexibility index (Phi) is 4.26. The van der Waals surface area contributed by atoms with E-state index in [1.54, 1.807) is 0 Å². The predicted molar refractivity (Wildman–Crippen MR) is 74.1 cm³/mol. The second-order valence-corrected chi connectivity index (χ2v) is 5.77. The molecule has 96 valence electrons. The molecule has 1 unspecified atom stereocenters. The number of aryl methyl sites for hydroxylation is 2. The van der Waals surface area contributed by atoms with Gasteiger partial charge in [-0.3, -0.25) is 9.58 Å². The zero-order valence-corrected chi connectivity index (χ0v) is 12.6. The summed E-state index contributed by atoms with van der Waals surface area (Å²) in [6.45, 7) is 9.76. The molecule has 0 spiro atoms. The molecule has 1 aromatic heterocycles. The number of likely N-dealkylation sites (tertiary alicyclic amines) is 1. The van der Waals surface area contributed by atoms with Gasteiger partial charge in [-0.05, 0) is 56.1 Å². The molecule has 17 heavy (non-hydrogen) atoms. The van der Waals surface area contributed by atoms with Crippen LogP contribution in [0.3, 0.4) is 0 Å². The molecule has 1 fully saturated rings. The van der Waals surface area contributed by atoms with Gasteiger partial charge in [0.1, 0.15) is 0 Å². The average molecular weight is 300 g/mol. The predicted octanol–water partition coefficient (Wildman–Crippen LogP) is 3.35. The molecule has 0 radical (unpaired) electrons. The summed E-state index contributed by atoms with van der Waals surface area (Å²) in [6, 6.07) is 0.705. The van der Waals surface area contributed by atoms with E-state index in [-0.39, 0.29) is 0 Å². The molecular formula is C13H22BrN3. The molecule has 1 aliphatic rings. The van der Waals surface area contributed by atoms with Crippen LogP contribution in [-0.2, 0) is 13.1 Å². The van der Waals surface area contributed by atoms with Gasteiger partial charge in [-0.25, -0.2) is 0 Å².